The third-order valence-electron chi connectivity index (χ3n) is 4.82. The lowest BCUT2D eigenvalue weighted by Gasteiger charge is -2.22. The zero-order valence-electron chi connectivity index (χ0n) is 17.2. The molecular weight excluding hydrogens is 417 g/mol. The van der Waals surface area contributed by atoms with Crippen molar-refractivity contribution in [2.75, 3.05) is 6.54 Å². The fourth-order valence-electron chi connectivity index (χ4n) is 3.28. The highest BCUT2D eigenvalue weighted by molar-refractivity contribution is 7.90. The Morgan fingerprint density at radius 3 is 2.48 bits per heavy atom. The molecule has 0 unspecified atom stereocenters. The number of nitrogens with zero attached hydrogens (tertiary/aromatic N) is 3. The maximum atomic E-state index is 14.1. The van der Waals surface area contributed by atoms with Crippen molar-refractivity contribution < 1.29 is 17.6 Å². The molecule has 1 heterocycles. The van der Waals surface area contributed by atoms with Crippen LogP contribution >= 0.6 is 0 Å². The van der Waals surface area contributed by atoms with Crippen molar-refractivity contribution >= 4 is 15.7 Å². The van der Waals surface area contributed by atoms with Crippen molar-refractivity contribution in [2.45, 2.75) is 30.9 Å². The van der Waals surface area contributed by atoms with Crippen molar-refractivity contribution in [1.82, 2.24) is 14.5 Å². The van der Waals surface area contributed by atoms with Crippen molar-refractivity contribution in [2.24, 2.45) is 0 Å². The summed E-state index contributed by atoms with van der Waals surface area (Å²) in [5.74, 6) is -1.26. The van der Waals surface area contributed by atoms with Crippen LogP contribution in [0.15, 0.2) is 78.6 Å². The summed E-state index contributed by atoms with van der Waals surface area (Å²) in [4.78, 5) is 18.4. The molecule has 31 heavy (non-hydrogen) atoms. The van der Waals surface area contributed by atoms with Gasteiger partial charge < -0.3 is 9.47 Å². The van der Waals surface area contributed by atoms with E-state index in [1.807, 2.05) is 6.07 Å². The Balaban J connectivity index is 1.91. The van der Waals surface area contributed by atoms with Gasteiger partial charge >= 0.3 is 0 Å². The third-order valence-corrected chi connectivity index (χ3v) is 6.41. The van der Waals surface area contributed by atoms with Crippen LogP contribution in [0, 0.1) is 5.82 Å². The van der Waals surface area contributed by atoms with E-state index in [2.05, 4.69) is 11.6 Å². The van der Waals surface area contributed by atoms with Crippen molar-refractivity contribution in [1.29, 1.82) is 0 Å². The summed E-state index contributed by atoms with van der Waals surface area (Å²) < 4.78 is 41.7. The first-order chi connectivity index (χ1) is 14.9. The summed E-state index contributed by atoms with van der Waals surface area (Å²) >= 11 is 0. The van der Waals surface area contributed by atoms with E-state index in [0.29, 0.717) is 17.8 Å². The van der Waals surface area contributed by atoms with Crippen LogP contribution in [0.2, 0.25) is 0 Å². The third kappa shape index (κ3) is 5.08. The Kier molecular flexibility index (Phi) is 7.02. The first kappa shape index (κ1) is 22.4. The molecule has 0 saturated heterocycles. The fourth-order valence-corrected chi connectivity index (χ4v) is 4.78. The monoisotopic (exact) mass is 441 g/mol. The second kappa shape index (κ2) is 9.70. The molecule has 0 atom stereocenters. The van der Waals surface area contributed by atoms with Crippen LogP contribution in [0.25, 0.3) is 0 Å². The van der Waals surface area contributed by atoms with Gasteiger partial charge in [-0.05, 0) is 24.6 Å². The number of allylic oxidation sites excluding steroid dienone is 1. The van der Waals surface area contributed by atoms with Crippen LogP contribution in [-0.2, 0) is 28.7 Å². The van der Waals surface area contributed by atoms with Gasteiger partial charge in [-0.15, -0.1) is 6.58 Å². The molecule has 0 spiro atoms. The maximum absolute atomic E-state index is 14.1. The van der Waals surface area contributed by atoms with E-state index in [-0.39, 0.29) is 29.6 Å². The molecule has 2 aromatic carbocycles. The van der Waals surface area contributed by atoms with Gasteiger partial charge in [0.1, 0.15) is 5.82 Å². The van der Waals surface area contributed by atoms with E-state index in [4.69, 9.17) is 0 Å². The van der Waals surface area contributed by atoms with Gasteiger partial charge in [0.25, 0.3) is 5.91 Å². The highest BCUT2D eigenvalue weighted by atomic mass is 32.2. The van der Waals surface area contributed by atoms with Gasteiger partial charge in [0.15, 0.2) is 0 Å². The summed E-state index contributed by atoms with van der Waals surface area (Å²) in [5, 5.41) is -0.0827. The number of halogens is 1. The molecule has 1 aromatic heterocycles. The summed E-state index contributed by atoms with van der Waals surface area (Å²) in [6.45, 7) is 6.10. The van der Waals surface area contributed by atoms with Crippen LogP contribution in [0.3, 0.4) is 0 Å². The minimum atomic E-state index is -3.73. The Labute approximate surface area is 181 Å². The Hall–Kier alpha value is -3.26. The molecule has 0 saturated carbocycles. The minimum absolute atomic E-state index is 0.0314. The van der Waals surface area contributed by atoms with E-state index in [1.54, 1.807) is 43.3 Å². The summed E-state index contributed by atoms with van der Waals surface area (Å²) in [6, 6.07) is 14.6. The second-order valence-corrected chi connectivity index (χ2v) is 8.86. The van der Waals surface area contributed by atoms with Crippen molar-refractivity contribution in [3.05, 3.63) is 96.1 Å². The summed E-state index contributed by atoms with van der Waals surface area (Å²) in [7, 11) is -3.73. The number of hydrogen-bond donors (Lipinski definition) is 0. The van der Waals surface area contributed by atoms with Crippen LogP contribution < -0.4 is 0 Å². The fraction of sp³-hybridized carbons (Fsp3) is 0.217. The molecule has 0 fully saturated rings. The smallest absolute Gasteiger partial charge is 0.257 e. The number of hydrogen-bond acceptors (Lipinski definition) is 4. The van der Waals surface area contributed by atoms with E-state index in [1.165, 1.54) is 33.9 Å². The molecule has 0 aliphatic heterocycles. The van der Waals surface area contributed by atoms with E-state index in [0.717, 1.165) is 0 Å². The molecule has 0 aliphatic rings. The molecule has 0 aliphatic carbocycles. The number of amides is 1. The van der Waals surface area contributed by atoms with Crippen LogP contribution in [0.1, 0.15) is 28.5 Å². The largest absolute Gasteiger partial charge is 0.333 e. The Morgan fingerprint density at radius 2 is 1.84 bits per heavy atom. The Bertz CT molecular complexity index is 1170. The molecule has 0 radical (unpaired) electrons. The number of benzene rings is 2. The number of carbonyl (C=O) groups excluding carboxylic acids is 1. The SMILES string of the molecule is C=CCn1c(CN(CC)C(=O)c2ccccc2F)cnc1S(=O)(=O)Cc1ccccc1. The number of rotatable bonds is 9. The zero-order chi connectivity index (χ0) is 22.4. The van der Waals surface area contributed by atoms with Crippen LogP contribution in [0.5, 0.6) is 0 Å². The average molecular weight is 442 g/mol. The highest BCUT2D eigenvalue weighted by Gasteiger charge is 2.25. The zero-order valence-corrected chi connectivity index (χ0v) is 18.1. The average Bonchev–Trinajstić information content (AvgIpc) is 3.16. The maximum Gasteiger partial charge on any atom is 0.257 e. The van der Waals surface area contributed by atoms with E-state index < -0.39 is 21.6 Å². The predicted molar refractivity (Wildman–Crippen MR) is 117 cm³/mol. The minimum Gasteiger partial charge on any atom is -0.333 e. The van der Waals surface area contributed by atoms with Gasteiger partial charge in [0.05, 0.1) is 29.8 Å². The van der Waals surface area contributed by atoms with Gasteiger partial charge in [0.2, 0.25) is 15.0 Å². The number of imidazole rings is 1. The van der Waals surface area contributed by atoms with Gasteiger partial charge in [-0.1, -0.05) is 48.5 Å². The lowest BCUT2D eigenvalue weighted by Crippen LogP contribution is -2.32. The van der Waals surface area contributed by atoms with Gasteiger partial charge in [-0.2, -0.15) is 0 Å². The molecule has 3 rings (SSSR count). The molecule has 0 N–H and O–H groups in total. The molecule has 162 valence electrons. The summed E-state index contributed by atoms with van der Waals surface area (Å²) in [6.07, 6.45) is 3.01. The molecule has 1 amide bonds. The first-order valence-corrected chi connectivity index (χ1v) is 11.5. The van der Waals surface area contributed by atoms with E-state index >= 15 is 0 Å². The normalized spacial score (nSPS) is 11.3. The Morgan fingerprint density at radius 1 is 1.16 bits per heavy atom. The lowest BCUT2D eigenvalue weighted by atomic mass is 10.2. The van der Waals surface area contributed by atoms with Gasteiger partial charge in [-0.25, -0.2) is 17.8 Å². The lowest BCUT2D eigenvalue weighted by molar-refractivity contribution is 0.0744. The number of carbonyl (C=O) groups is 1. The predicted octanol–water partition coefficient (Wildman–Crippen LogP) is 3.84. The molecular formula is C23H24FN3O3S. The van der Waals surface area contributed by atoms with Crippen molar-refractivity contribution in [3.8, 4) is 0 Å². The number of sulfone groups is 1. The number of aromatic nitrogens is 2. The first-order valence-electron chi connectivity index (χ1n) is 9.83. The van der Waals surface area contributed by atoms with E-state index in [9.17, 15) is 17.6 Å². The topological polar surface area (TPSA) is 72.3 Å². The standard InChI is InChI=1S/C23H24FN3O3S/c1-3-14-27-19(16-26(4-2)22(28)20-12-8-9-13-21(20)24)15-25-23(27)31(29,30)17-18-10-6-5-7-11-18/h3,5-13,15H,1,4,14,16-17H2,2H3. The second-order valence-electron chi connectivity index (χ2n) is 6.98. The molecule has 6 nitrogen and oxygen atoms in total. The molecule has 3 aromatic rings. The van der Waals surface area contributed by atoms with Gasteiger partial charge in [0, 0.05) is 13.1 Å². The summed E-state index contributed by atoms with van der Waals surface area (Å²) in [5.41, 5.74) is 1.15. The highest BCUT2D eigenvalue weighted by Crippen LogP contribution is 2.20. The molecule has 8 heteroatoms. The van der Waals surface area contributed by atoms with Crippen LogP contribution in [-0.4, -0.2) is 35.3 Å². The van der Waals surface area contributed by atoms with Crippen LogP contribution in [0.4, 0.5) is 4.39 Å². The molecule has 0 bridgehead atoms. The quantitative estimate of drug-likeness (QED) is 0.473. The van der Waals surface area contributed by atoms with Gasteiger partial charge in [-0.3, -0.25) is 4.79 Å². The van der Waals surface area contributed by atoms with Crippen molar-refractivity contribution in [3.63, 3.8) is 0 Å².